The maximum atomic E-state index is 14.2. The zero-order valence-corrected chi connectivity index (χ0v) is 13.7. The molecule has 0 fully saturated rings. The van der Waals surface area contributed by atoms with Crippen LogP contribution in [-0.2, 0) is 0 Å². The van der Waals surface area contributed by atoms with Crippen LogP contribution >= 0.6 is 30.3 Å². The largest absolute Gasteiger partial charge is 0.381 e. The third-order valence-electron chi connectivity index (χ3n) is 3.04. The predicted molar refractivity (Wildman–Crippen MR) is 89.0 cm³/mol. The molecule has 1 aromatic carbocycles. The van der Waals surface area contributed by atoms with Gasteiger partial charge in [0.15, 0.2) is 17.5 Å². The molecule has 0 atom stereocenters. The highest BCUT2D eigenvalue weighted by molar-refractivity contribution is 14.2. The van der Waals surface area contributed by atoms with Crippen LogP contribution in [0.1, 0.15) is 5.56 Å². The number of aromatic nitrogens is 3. The molecule has 0 radical (unpaired) electrons. The van der Waals surface area contributed by atoms with Gasteiger partial charge in [0.1, 0.15) is 5.82 Å². The summed E-state index contributed by atoms with van der Waals surface area (Å²) in [7, 11) is 1.25. The second kappa shape index (κ2) is 5.69. The van der Waals surface area contributed by atoms with Gasteiger partial charge >= 0.3 is 0 Å². The minimum atomic E-state index is -0.723. The summed E-state index contributed by atoms with van der Waals surface area (Å²) >= 11 is 2.00. The Bertz CT molecular complexity index is 934. The number of rotatable bonds is 2. The molecule has 0 aliphatic rings. The molecule has 2 heterocycles. The van der Waals surface area contributed by atoms with Crippen LogP contribution in [0.25, 0.3) is 22.3 Å². The second-order valence-electron chi connectivity index (χ2n) is 4.33. The van der Waals surface area contributed by atoms with Crippen LogP contribution in [0.5, 0.6) is 0 Å². The molecule has 0 spiro atoms. The number of nitrogens with two attached hydrogens (primary N) is 1. The van der Waals surface area contributed by atoms with Gasteiger partial charge in [-0.05, 0) is 12.1 Å². The smallest absolute Gasteiger partial charge is 0.183 e. The van der Waals surface area contributed by atoms with Crippen molar-refractivity contribution in [2.45, 2.75) is 0 Å². The summed E-state index contributed by atoms with van der Waals surface area (Å²) in [5.41, 5.74) is 6.42. The number of benzene rings is 1. The molecule has 0 amide bonds. The summed E-state index contributed by atoms with van der Waals surface area (Å²) in [5, 5.41) is 9.46. The number of fused-ring (bicyclic) bond motifs is 1. The lowest BCUT2D eigenvalue weighted by Crippen LogP contribution is -1.98. The van der Waals surface area contributed by atoms with Crippen molar-refractivity contribution in [3.8, 4) is 17.5 Å². The van der Waals surface area contributed by atoms with Crippen molar-refractivity contribution < 1.29 is 8.78 Å². The van der Waals surface area contributed by atoms with Gasteiger partial charge in [-0.15, -0.1) is 0 Å². The monoisotopic (exact) mass is 429 g/mol. The highest BCUT2D eigenvalue weighted by Crippen LogP contribution is 2.35. The van der Waals surface area contributed by atoms with E-state index in [0.717, 1.165) is 12.3 Å². The molecule has 0 unspecified atom stereocenters. The standard InChI is InChI=1S/C13H6F2IN5S/c14-9-2-6(3-17)1-7-8(5-21(22-16)11(7)9)13-19-4-10(15)12(18)20-13/h1-2,4-5H,(H2,18,19,20). The number of nitrogen functional groups attached to an aromatic ring is 1. The third-order valence-corrected chi connectivity index (χ3v) is 4.75. The number of hydrogen-bond acceptors (Lipinski definition) is 5. The fourth-order valence-electron chi connectivity index (χ4n) is 2.09. The molecule has 3 aromatic rings. The maximum absolute atomic E-state index is 14.2. The van der Waals surface area contributed by atoms with E-state index in [-0.39, 0.29) is 17.2 Å². The normalized spacial score (nSPS) is 10.8. The van der Waals surface area contributed by atoms with Crippen molar-refractivity contribution >= 4 is 47.0 Å². The summed E-state index contributed by atoms with van der Waals surface area (Å²) in [5.74, 6) is -1.37. The number of anilines is 1. The summed E-state index contributed by atoms with van der Waals surface area (Å²) in [6.07, 6.45) is 2.58. The molecule has 0 aliphatic heterocycles. The van der Waals surface area contributed by atoms with E-state index in [1.165, 1.54) is 9.12 Å². The maximum Gasteiger partial charge on any atom is 0.183 e. The predicted octanol–water partition coefficient (Wildman–Crippen LogP) is 3.68. The van der Waals surface area contributed by atoms with Crippen molar-refractivity contribution in [1.82, 2.24) is 13.9 Å². The van der Waals surface area contributed by atoms with E-state index in [9.17, 15) is 8.78 Å². The molecule has 0 saturated carbocycles. The lowest BCUT2D eigenvalue weighted by Gasteiger charge is -2.01. The van der Waals surface area contributed by atoms with Gasteiger partial charge in [0, 0.05) is 47.5 Å². The van der Waals surface area contributed by atoms with Gasteiger partial charge in [0.2, 0.25) is 0 Å². The van der Waals surface area contributed by atoms with Gasteiger partial charge in [-0.2, -0.15) is 5.26 Å². The van der Waals surface area contributed by atoms with E-state index in [2.05, 4.69) is 9.97 Å². The Morgan fingerprint density at radius 1 is 1.32 bits per heavy atom. The molecule has 2 N–H and O–H groups in total. The van der Waals surface area contributed by atoms with Crippen molar-refractivity contribution in [3.63, 3.8) is 0 Å². The van der Waals surface area contributed by atoms with Crippen molar-refractivity contribution in [1.29, 1.82) is 5.26 Å². The molecule has 0 aliphatic carbocycles. The second-order valence-corrected chi connectivity index (χ2v) is 6.04. The molecular weight excluding hydrogens is 423 g/mol. The van der Waals surface area contributed by atoms with E-state index in [1.54, 1.807) is 16.2 Å². The van der Waals surface area contributed by atoms with Crippen molar-refractivity contribution in [2.75, 3.05) is 5.73 Å². The van der Waals surface area contributed by atoms with Crippen LogP contribution < -0.4 is 5.73 Å². The van der Waals surface area contributed by atoms with E-state index in [4.69, 9.17) is 11.0 Å². The Morgan fingerprint density at radius 2 is 2.09 bits per heavy atom. The SMILES string of the molecule is N#Cc1cc(F)c2c(c1)c(-c1ncc(F)c(N)n1)cn2SI. The van der Waals surface area contributed by atoms with Crippen molar-refractivity contribution in [3.05, 3.63) is 41.7 Å². The van der Waals surface area contributed by atoms with Gasteiger partial charge in [0.05, 0.1) is 23.3 Å². The van der Waals surface area contributed by atoms with Crippen LogP contribution in [-0.4, -0.2) is 13.9 Å². The van der Waals surface area contributed by atoms with Gasteiger partial charge in [-0.25, -0.2) is 18.7 Å². The van der Waals surface area contributed by atoms with Crippen LogP contribution in [0, 0.1) is 23.0 Å². The Morgan fingerprint density at radius 3 is 2.73 bits per heavy atom. The summed E-state index contributed by atoms with van der Waals surface area (Å²) in [4.78, 5) is 7.78. The van der Waals surface area contributed by atoms with E-state index in [0.29, 0.717) is 16.5 Å². The first-order valence-corrected chi connectivity index (χ1v) is 9.19. The Labute approximate surface area is 139 Å². The summed E-state index contributed by atoms with van der Waals surface area (Å²) in [6.45, 7) is 0. The summed E-state index contributed by atoms with van der Waals surface area (Å²) < 4.78 is 29.0. The van der Waals surface area contributed by atoms with Gasteiger partial charge in [-0.1, -0.05) is 0 Å². The molecule has 110 valence electrons. The third kappa shape index (κ3) is 2.38. The molecular formula is C13H6F2IN5S. The molecule has 0 saturated heterocycles. The number of halogens is 3. The van der Waals surface area contributed by atoms with Crippen molar-refractivity contribution in [2.24, 2.45) is 0 Å². The lowest BCUT2D eigenvalue weighted by atomic mass is 10.1. The zero-order valence-electron chi connectivity index (χ0n) is 10.7. The minimum Gasteiger partial charge on any atom is -0.381 e. The highest BCUT2D eigenvalue weighted by atomic mass is 127. The van der Waals surface area contributed by atoms with Gasteiger partial charge in [0.25, 0.3) is 0 Å². The topological polar surface area (TPSA) is 80.5 Å². The van der Waals surface area contributed by atoms with Crippen LogP contribution in [0.2, 0.25) is 0 Å². The average molecular weight is 429 g/mol. The van der Waals surface area contributed by atoms with E-state index < -0.39 is 11.6 Å². The molecule has 5 nitrogen and oxygen atoms in total. The van der Waals surface area contributed by atoms with E-state index in [1.807, 2.05) is 27.3 Å². The zero-order chi connectivity index (χ0) is 15.9. The molecule has 3 rings (SSSR count). The first-order chi connectivity index (χ1) is 10.5. The van der Waals surface area contributed by atoms with Crippen LogP contribution in [0.3, 0.4) is 0 Å². The first kappa shape index (κ1) is 15.0. The highest BCUT2D eigenvalue weighted by Gasteiger charge is 2.18. The quantitative estimate of drug-likeness (QED) is 0.629. The van der Waals surface area contributed by atoms with Gasteiger partial charge in [-0.3, -0.25) is 3.97 Å². The molecule has 2 aromatic heterocycles. The molecule has 0 bridgehead atoms. The molecule has 22 heavy (non-hydrogen) atoms. The fourth-order valence-corrected chi connectivity index (χ4v) is 3.42. The number of nitriles is 1. The van der Waals surface area contributed by atoms with E-state index >= 15 is 0 Å². The Hall–Kier alpha value is -1.93. The first-order valence-electron chi connectivity index (χ1n) is 5.87. The van der Waals surface area contributed by atoms with Crippen LogP contribution in [0.4, 0.5) is 14.6 Å². The average Bonchev–Trinajstić information content (AvgIpc) is 2.89. The minimum absolute atomic E-state index is 0.169. The fraction of sp³-hybridized carbons (Fsp3) is 0. The number of hydrogen-bond donors (Lipinski definition) is 1. The molecule has 9 heteroatoms. The number of nitrogens with zero attached hydrogens (tertiary/aromatic N) is 4. The lowest BCUT2D eigenvalue weighted by molar-refractivity contribution is 0.620. The van der Waals surface area contributed by atoms with Crippen LogP contribution in [0.15, 0.2) is 24.5 Å². The summed E-state index contributed by atoms with van der Waals surface area (Å²) in [6, 6.07) is 4.61. The Balaban J connectivity index is 2.36. The van der Waals surface area contributed by atoms with Gasteiger partial charge < -0.3 is 5.73 Å². The Kier molecular flexibility index (Phi) is 3.88.